The fraction of sp³-hybridized carbons (Fsp3) is 0.417. The molecule has 0 aromatic heterocycles. The Hall–Kier alpha value is -1.55. The first-order valence-corrected chi connectivity index (χ1v) is 5.30. The summed E-state index contributed by atoms with van der Waals surface area (Å²) < 4.78 is 0. The summed E-state index contributed by atoms with van der Waals surface area (Å²) in [6.45, 7) is 4.29. The number of hydrogen-bond acceptors (Lipinski definition) is 3. The molecule has 16 heavy (non-hydrogen) atoms. The van der Waals surface area contributed by atoms with Gasteiger partial charge in [-0.25, -0.2) is 0 Å². The molecule has 0 aliphatic heterocycles. The maximum Gasteiger partial charge on any atom is 0.257 e. The van der Waals surface area contributed by atoms with Crippen LogP contribution in [0.1, 0.15) is 22.8 Å². The first-order chi connectivity index (χ1) is 7.61. The number of aliphatic hydroxyl groups excluding tert-OH is 1. The Morgan fingerprint density at radius 1 is 1.44 bits per heavy atom. The van der Waals surface area contributed by atoms with Gasteiger partial charge in [0.1, 0.15) is 5.75 Å². The number of likely N-dealkylation sites (N-methyl/N-ethyl adjacent to an activating group) is 1. The van der Waals surface area contributed by atoms with E-state index < -0.39 is 0 Å². The predicted octanol–water partition coefficient (Wildman–Crippen LogP) is 1.16. The zero-order valence-corrected chi connectivity index (χ0v) is 9.60. The van der Waals surface area contributed by atoms with Crippen LogP contribution in [0.15, 0.2) is 18.2 Å². The molecule has 0 aliphatic carbocycles. The van der Waals surface area contributed by atoms with Gasteiger partial charge in [0.25, 0.3) is 5.91 Å². The summed E-state index contributed by atoms with van der Waals surface area (Å²) >= 11 is 0. The van der Waals surface area contributed by atoms with Crippen LogP contribution in [0.2, 0.25) is 0 Å². The molecule has 4 nitrogen and oxygen atoms in total. The minimum atomic E-state index is -0.252. The molecule has 0 saturated heterocycles. The quantitative estimate of drug-likeness (QED) is 0.805. The number of aryl methyl sites for hydroxylation is 1. The normalized spacial score (nSPS) is 10.2. The topological polar surface area (TPSA) is 60.8 Å². The van der Waals surface area contributed by atoms with E-state index >= 15 is 0 Å². The molecule has 1 aromatic carbocycles. The van der Waals surface area contributed by atoms with Gasteiger partial charge in [-0.2, -0.15) is 0 Å². The second kappa shape index (κ2) is 5.51. The van der Waals surface area contributed by atoms with Crippen LogP contribution in [0, 0.1) is 6.92 Å². The summed E-state index contributed by atoms with van der Waals surface area (Å²) in [7, 11) is 0. The molecule has 4 heteroatoms. The van der Waals surface area contributed by atoms with Gasteiger partial charge in [0, 0.05) is 13.1 Å². The van der Waals surface area contributed by atoms with Crippen LogP contribution < -0.4 is 0 Å². The first-order valence-electron chi connectivity index (χ1n) is 5.30. The van der Waals surface area contributed by atoms with Gasteiger partial charge in [-0.3, -0.25) is 4.79 Å². The highest BCUT2D eigenvalue weighted by Gasteiger charge is 2.17. The highest BCUT2D eigenvalue weighted by molar-refractivity contribution is 5.97. The fourth-order valence-corrected chi connectivity index (χ4v) is 1.53. The maximum absolute atomic E-state index is 12.0. The lowest BCUT2D eigenvalue weighted by Crippen LogP contribution is -2.33. The van der Waals surface area contributed by atoms with E-state index in [2.05, 4.69) is 0 Å². The van der Waals surface area contributed by atoms with E-state index in [-0.39, 0.29) is 30.4 Å². The van der Waals surface area contributed by atoms with Gasteiger partial charge in [-0.15, -0.1) is 0 Å². The van der Waals surface area contributed by atoms with Gasteiger partial charge in [-0.1, -0.05) is 12.1 Å². The summed E-state index contributed by atoms with van der Waals surface area (Å²) in [5.74, 6) is -0.235. The maximum atomic E-state index is 12.0. The van der Waals surface area contributed by atoms with Crippen molar-refractivity contribution in [3.05, 3.63) is 29.3 Å². The van der Waals surface area contributed by atoms with E-state index in [1.807, 2.05) is 6.92 Å². The van der Waals surface area contributed by atoms with Crippen molar-refractivity contribution in [2.24, 2.45) is 0 Å². The number of benzene rings is 1. The lowest BCUT2D eigenvalue weighted by molar-refractivity contribution is 0.0729. The Morgan fingerprint density at radius 3 is 2.69 bits per heavy atom. The zero-order valence-electron chi connectivity index (χ0n) is 9.60. The molecule has 1 rings (SSSR count). The van der Waals surface area contributed by atoms with E-state index in [9.17, 15) is 9.90 Å². The molecule has 0 atom stereocenters. The van der Waals surface area contributed by atoms with Gasteiger partial charge in [0.2, 0.25) is 0 Å². The standard InChI is InChI=1S/C12H17NO3/c1-3-13(7-8-14)12(16)10-6-4-5-9(2)11(10)15/h4-6,14-15H,3,7-8H2,1-2H3. The highest BCUT2D eigenvalue weighted by Crippen LogP contribution is 2.22. The second-order valence-electron chi connectivity index (χ2n) is 3.58. The smallest absolute Gasteiger partial charge is 0.257 e. The SMILES string of the molecule is CCN(CCO)C(=O)c1cccc(C)c1O. The minimum absolute atomic E-state index is 0.0175. The number of amides is 1. The molecule has 0 unspecified atom stereocenters. The third-order valence-electron chi connectivity index (χ3n) is 2.51. The van der Waals surface area contributed by atoms with Gasteiger partial charge in [0.05, 0.1) is 12.2 Å². The molecule has 0 spiro atoms. The molecule has 2 N–H and O–H groups in total. The summed E-state index contributed by atoms with van der Waals surface area (Å²) in [6, 6.07) is 5.06. The highest BCUT2D eigenvalue weighted by atomic mass is 16.3. The lowest BCUT2D eigenvalue weighted by atomic mass is 10.1. The predicted molar refractivity (Wildman–Crippen MR) is 61.5 cm³/mol. The van der Waals surface area contributed by atoms with Crippen molar-refractivity contribution in [1.29, 1.82) is 0 Å². The largest absolute Gasteiger partial charge is 0.507 e. The number of hydrogen-bond donors (Lipinski definition) is 2. The van der Waals surface area contributed by atoms with Crippen molar-refractivity contribution in [2.75, 3.05) is 19.7 Å². The molecule has 0 fully saturated rings. The van der Waals surface area contributed by atoms with E-state index in [0.29, 0.717) is 12.1 Å². The zero-order chi connectivity index (χ0) is 12.1. The summed E-state index contributed by atoms with van der Waals surface area (Å²) in [5.41, 5.74) is 0.959. The van der Waals surface area contributed by atoms with Crippen molar-refractivity contribution < 1.29 is 15.0 Å². The van der Waals surface area contributed by atoms with Crippen LogP contribution in [0.4, 0.5) is 0 Å². The van der Waals surface area contributed by atoms with Crippen LogP contribution in [0.3, 0.4) is 0 Å². The molecular weight excluding hydrogens is 206 g/mol. The Morgan fingerprint density at radius 2 is 2.12 bits per heavy atom. The number of para-hydroxylation sites is 1. The Bertz CT molecular complexity index is 377. The number of aliphatic hydroxyl groups is 1. The number of aromatic hydroxyl groups is 1. The van der Waals surface area contributed by atoms with Crippen LogP contribution in [-0.2, 0) is 0 Å². The van der Waals surface area contributed by atoms with Crippen LogP contribution in [0.5, 0.6) is 5.75 Å². The Balaban J connectivity index is 2.99. The molecule has 1 aromatic rings. The molecule has 0 heterocycles. The number of phenolic OH excluding ortho intramolecular Hbond substituents is 1. The van der Waals surface area contributed by atoms with E-state index in [1.54, 1.807) is 25.1 Å². The van der Waals surface area contributed by atoms with E-state index in [4.69, 9.17) is 5.11 Å². The van der Waals surface area contributed by atoms with Gasteiger partial charge < -0.3 is 15.1 Å². The molecule has 0 aliphatic rings. The Labute approximate surface area is 95.1 Å². The fourth-order valence-electron chi connectivity index (χ4n) is 1.53. The molecule has 88 valence electrons. The number of rotatable bonds is 4. The lowest BCUT2D eigenvalue weighted by Gasteiger charge is -2.20. The first kappa shape index (κ1) is 12.5. The number of nitrogens with zero attached hydrogens (tertiary/aromatic N) is 1. The minimum Gasteiger partial charge on any atom is -0.507 e. The van der Waals surface area contributed by atoms with E-state index in [0.717, 1.165) is 0 Å². The second-order valence-corrected chi connectivity index (χ2v) is 3.58. The molecular formula is C12H17NO3. The number of phenols is 1. The van der Waals surface area contributed by atoms with Crippen LogP contribution >= 0.6 is 0 Å². The molecule has 0 saturated carbocycles. The van der Waals surface area contributed by atoms with Crippen molar-refractivity contribution in [3.8, 4) is 5.75 Å². The molecule has 0 bridgehead atoms. The molecule has 1 amide bonds. The third-order valence-corrected chi connectivity index (χ3v) is 2.51. The summed E-state index contributed by atoms with van der Waals surface area (Å²) in [6.07, 6.45) is 0. The monoisotopic (exact) mass is 223 g/mol. The summed E-state index contributed by atoms with van der Waals surface area (Å²) in [4.78, 5) is 13.5. The number of carbonyl (C=O) groups is 1. The van der Waals surface area contributed by atoms with Gasteiger partial charge in [0.15, 0.2) is 0 Å². The van der Waals surface area contributed by atoms with Crippen molar-refractivity contribution in [2.45, 2.75) is 13.8 Å². The van der Waals surface area contributed by atoms with Crippen LogP contribution in [-0.4, -0.2) is 40.7 Å². The van der Waals surface area contributed by atoms with E-state index in [1.165, 1.54) is 4.90 Å². The average molecular weight is 223 g/mol. The average Bonchev–Trinajstić information content (AvgIpc) is 2.29. The van der Waals surface area contributed by atoms with Crippen molar-refractivity contribution in [3.63, 3.8) is 0 Å². The number of carbonyl (C=O) groups excluding carboxylic acids is 1. The van der Waals surface area contributed by atoms with Gasteiger partial charge in [-0.05, 0) is 25.5 Å². The van der Waals surface area contributed by atoms with Gasteiger partial charge >= 0.3 is 0 Å². The van der Waals surface area contributed by atoms with Crippen molar-refractivity contribution in [1.82, 2.24) is 4.90 Å². The van der Waals surface area contributed by atoms with Crippen LogP contribution in [0.25, 0.3) is 0 Å². The molecule has 0 radical (unpaired) electrons. The summed E-state index contributed by atoms with van der Waals surface area (Å²) in [5, 5.41) is 18.6. The Kier molecular flexibility index (Phi) is 4.31. The van der Waals surface area contributed by atoms with Crippen molar-refractivity contribution >= 4 is 5.91 Å². The third kappa shape index (κ3) is 2.52.